The molecule has 106 valence electrons. The summed E-state index contributed by atoms with van der Waals surface area (Å²) in [5, 5.41) is 14.5. The monoisotopic (exact) mass is 282 g/mol. The Labute approximate surface area is 121 Å². The van der Waals surface area contributed by atoms with Gasteiger partial charge >= 0.3 is 0 Å². The van der Waals surface area contributed by atoms with Crippen LogP contribution in [0.25, 0.3) is 5.69 Å². The first-order chi connectivity index (χ1) is 10.3. The van der Waals surface area contributed by atoms with Gasteiger partial charge in [0, 0.05) is 6.20 Å². The van der Waals surface area contributed by atoms with Gasteiger partial charge in [-0.2, -0.15) is 4.68 Å². The van der Waals surface area contributed by atoms with Crippen LogP contribution in [-0.4, -0.2) is 31.1 Å². The molecule has 0 radical (unpaired) electrons. The fourth-order valence-electron chi connectivity index (χ4n) is 2.03. The molecule has 0 saturated carbocycles. The molecule has 2 heterocycles. The minimum atomic E-state index is -0.323. The highest BCUT2D eigenvalue weighted by molar-refractivity contribution is 5.92. The van der Waals surface area contributed by atoms with E-state index in [-0.39, 0.29) is 11.9 Å². The molecule has 0 aliphatic rings. The third-order valence-electron chi connectivity index (χ3n) is 3.07. The van der Waals surface area contributed by atoms with Gasteiger partial charge in [0.2, 0.25) is 0 Å². The zero-order valence-electron chi connectivity index (χ0n) is 11.4. The topological polar surface area (TPSA) is 88.5 Å². The third-order valence-corrected chi connectivity index (χ3v) is 3.07. The highest BCUT2D eigenvalue weighted by Crippen LogP contribution is 2.14. The minimum Gasteiger partial charge on any atom is -0.357 e. The molecule has 0 saturated heterocycles. The van der Waals surface area contributed by atoms with Crippen molar-refractivity contribution in [3.8, 4) is 5.69 Å². The number of aromatic nitrogens is 5. The van der Waals surface area contributed by atoms with Gasteiger partial charge in [-0.1, -0.05) is 18.2 Å². The van der Waals surface area contributed by atoms with Crippen LogP contribution in [0.2, 0.25) is 0 Å². The van der Waals surface area contributed by atoms with Gasteiger partial charge in [0.25, 0.3) is 5.91 Å². The Kier molecular flexibility index (Phi) is 3.46. The van der Waals surface area contributed by atoms with Gasteiger partial charge in [-0.15, -0.1) is 5.10 Å². The molecule has 0 aliphatic carbocycles. The summed E-state index contributed by atoms with van der Waals surface area (Å²) < 4.78 is 1.61. The van der Waals surface area contributed by atoms with Crippen molar-refractivity contribution in [3.63, 3.8) is 0 Å². The predicted molar refractivity (Wildman–Crippen MR) is 75.8 cm³/mol. The van der Waals surface area contributed by atoms with Crippen LogP contribution in [0.5, 0.6) is 0 Å². The van der Waals surface area contributed by atoms with Crippen molar-refractivity contribution in [2.45, 2.75) is 13.0 Å². The lowest BCUT2D eigenvalue weighted by Crippen LogP contribution is -2.28. The molecule has 2 aromatic heterocycles. The summed E-state index contributed by atoms with van der Waals surface area (Å²) in [4.78, 5) is 14.9. The van der Waals surface area contributed by atoms with E-state index in [0.29, 0.717) is 11.5 Å². The lowest BCUT2D eigenvalue weighted by Gasteiger charge is -2.13. The molecule has 7 heteroatoms. The normalized spacial score (nSPS) is 12.0. The number of hydrogen-bond donors (Lipinski definition) is 2. The minimum absolute atomic E-state index is 0.199. The van der Waals surface area contributed by atoms with Crippen LogP contribution >= 0.6 is 0 Å². The number of carbonyl (C=O) groups excluding carboxylic acids is 1. The number of nitrogens with one attached hydrogen (secondary N) is 2. The van der Waals surface area contributed by atoms with E-state index >= 15 is 0 Å². The number of amides is 1. The van der Waals surface area contributed by atoms with Crippen LogP contribution in [0.4, 0.5) is 0 Å². The Morgan fingerprint density at radius 3 is 2.76 bits per heavy atom. The summed E-state index contributed by atoms with van der Waals surface area (Å²) in [6.07, 6.45) is 1.70. The molecule has 3 aromatic rings. The Morgan fingerprint density at radius 2 is 2.05 bits per heavy atom. The number of aromatic amines is 1. The second-order valence-corrected chi connectivity index (χ2v) is 4.56. The molecule has 0 fully saturated rings. The highest BCUT2D eigenvalue weighted by Gasteiger charge is 2.18. The molecule has 2 N–H and O–H groups in total. The Balaban J connectivity index is 1.81. The van der Waals surface area contributed by atoms with Crippen molar-refractivity contribution in [1.82, 2.24) is 30.5 Å². The highest BCUT2D eigenvalue weighted by atomic mass is 16.1. The third kappa shape index (κ3) is 2.66. The maximum Gasteiger partial charge on any atom is 0.268 e. The van der Waals surface area contributed by atoms with Crippen LogP contribution in [0.3, 0.4) is 0 Å². The van der Waals surface area contributed by atoms with Crippen LogP contribution < -0.4 is 5.32 Å². The van der Waals surface area contributed by atoms with Gasteiger partial charge in [0.1, 0.15) is 5.69 Å². The first-order valence-corrected chi connectivity index (χ1v) is 6.53. The van der Waals surface area contributed by atoms with E-state index in [1.807, 2.05) is 37.3 Å². The van der Waals surface area contributed by atoms with Crippen LogP contribution in [0, 0.1) is 0 Å². The van der Waals surface area contributed by atoms with Crippen molar-refractivity contribution in [2.24, 2.45) is 0 Å². The predicted octanol–water partition coefficient (Wildman–Crippen LogP) is 1.48. The molecule has 1 aromatic carbocycles. The Morgan fingerprint density at radius 1 is 1.24 bits per heavy atom. The molecule has 0 spiro atoms. The number of tetrazole rings is 1. The summed E-state index contributed by atoms with van der Waals surface area (Å²) in [6.45, 7) is 1.84. The van der Waals surface area contributed by atoms with Gasteiger partial charge < -0.3 is 10.3 Å². The van der Waals surface area contributed by atoms with Crippen LogP contribution in [0.15, 0.2) is 48.7 Å². The fraction of sp³-hybridized carbons (Fsp3) is 0.143. The average Bonchev–Trinajstić information content (AvgIpc) is 3.19. The molecule has 1 atom stereocenters. The summed E-state index contributed by atoms with van der Waals surface area (Å²) >= 11 is 0. The molecule has 1 amide bonds. The molecule has 1 unspecified atom stereocenters. The van der Waals surface area contributed by atoms with E-state index < -0.39 is 0 Å². The number of H-pyrrole nitrogens is 1. The lowest BCUT2D eigenvalue weighted by molar-refractivity contribution is 0.0933. The SMILES string of the molecule is CC(NC(=O)c1ccc[nH]1)c1nnnn1-c1ccccc1. The molecule has 0 aliphatic heterocycles. The Hall–Kier alpha value is -2.96. The van der Waals surface area contributed by atoms with Gasteiger partial charge in [-0.25, -0.2) is 0 Å². The number of benzene rings is 1. The van der Waals surface area contributed by atoms with E-state index in [4.69, 9.17) is 0 Å². The summed E-state index contributed by atoms with van der Waals surface area (Å²) in [5.74, 6) is 0.371. The van der Waals surface area contributed by atoms with Crippen LogP contribution in [-0.2, 0) is 0 Å². The van der Waals surface area contributed by atoms with Gasteiger partial charge in [0.15, 0.2) is 5.82 Å². The van der Waals surface area contributed by atoms with E-state index in [0.717, 1.165) is 5.69 Å². The van der Waals surface area contributed by atoms with Crippen molar-refractivity contribution >= 4 is 5.91 Å². The maximum atomic E-state index is 12.0. The number of nitrogens with zero attached hydrogens (tertiary/aromatic N) is 4. The first-order valence-electron chi connectivity index (χ1n) is 6.53. The van der Waals surface area contributed by atoms with Crippen LogP contribution in [0.1, 0.15) is 29.3 Å². The lowest BCUT2D eigenvalue weighted by atomic mass is 10.2. The number of carbonyl (C=O) groups is 1. The van der Waals surface area contributed by atoms with E-state index in [9.17, 15) is 4.79 Å². The summed E-state index contributed by atoms with van der Waals surface area (Å²) in [7, 11) is 0. The van der Waals surface area contributed by atoms with Crippen molar-refractivity contribution in [1.29, 1.82) is 0 Å². The van der Waals surface area contributed by atoms with Gasteiger partial charge in [-0.3, -0.25) is 4.79 Å². The molecule has 0 bridgehead atoms. The fourth-order valence-corrected chi connectivity index (χ4v) is 2.03. The zero-order chi connectivity index (χ0) is 14.7. The van der Waals surface area contributed by atoms with E-state index in [1.165, 1.54) is 0 Å². The maximum absolute atomic E-state index is 12.0. The number of para-hydroxylation sites is 1. The standard InChI is InChI=1S/C14H14N6O/c1-10(16-14(21)12-8-5-9-15-12)13-17-18-19-20(13)11-6-3-2-4-7-11/h2-10,15H,1H3,(H,16,21). The molecular weight excluding hydrogens is 268 g/mol. The second kappa shape index (κ2) is 5.58. The second-order valence-electron chi connectivity index (χ2n) is 4.56. The largest absolute Gasteiger partial charge is 0.357 e. The number of rotatable bonds is 4. The smallest absolute Gasteiger partial charge is 0.268 e. The van der Waals surface area contributed by atoms with E-state index in [1.54, 1.807) is 23.0 Å². The first kappa shape index (κ1) is 13.0. The molecule has 7 nitrogen and oxygen atoms in total. The van der Waals surface area contributed by atoms with Gasteiger partial charge in [0.05, 0.1) is 11.7 Å². The molecular formula is C14H14N6O. The number of hydrogen-bond acceptors (Lipinski definition) is 4. The van der Waals surface area contributed by atoms with E-state index in [2.05, 4.69) is 25.8 Å². The summed E-state index contributed by atoms with van der Waals surface area (Å²) in [5.41, 5.74) is 1.35. The molecule has 3 rings (SSSR count). The van der Waals surface area contributed by atoms with Gasteiger partial charge in [-0.05, 0) is 41.6 Å². The average molecular weight is 282 g/mol. The van der Waals surface area contributed by atoms with Crippen molar-refractivity contribution in [2.75, 3.05) is 0 Å². The summed E-state index contributed by atoms with van der Waals surface area (Å²) in [6, 6.07) is 12.7. The molecule has 21 heavy (non-hydrogen) atoms. The van der Waals surface area contributed by atoms with Crippen molar-refractivity contribution < 1.29 is 4.79 Å². The quantitative estimate of drug-likeness (QED) is 0.758. The van der Waals surface area contributed by atoms with Crippen molar-refractivity contribution in [3.05, 3.63) is 60.2 Å². The zero-order valence-corrected chi connectivity index (χ0v) is 11.4. The Bertz CT molecular complexity index is 719.